The molecular weight excluding hydrogens is 268 g/mol. The second-order valence-electron chi connectivity index (χ2n) is 5.36. The summed E-state index contributed by atoms with van der Waals surface area (Å²) in [6.45, 7) is 6.27. The third-order valence-corrected chi connectivity index (χ3v) is 4.51. The fraction of sp³-hybridized carbons (Fsp3) is 0.333. The van der Waals surface area contributed by atoms with Crippen LogP contribution in [0.4, 0.5) is 0 Å². The minimum Gasteiger partial charge on any atom is -0.324 e. The Balaban J connectivity index is 1.95. The zero-order chi connectivity index (χ0) is 14.3. The first-order chi connectivity index (χ1) is 9.54. The molecule has 0 radical (unpaired) electrons. The predicted octanol–water partition coefficient (Wildman–Crippen LogP) is 3.60. The highest BCUT2D eigenvalue weighted by Gasteiger charge is 2.11. The Hall–Kier alpha value is -1.72. The fourth-order valence-corrected chi connectivity index (χ4v) is 2.93. The lowest BCUT2D eigenvalue weighted by Gasteiger charge is -2.05. The van der Waals surface area contributed by atoms with Crippen LogP contribution in [-0.4, -0.2) is 14.6 Å². The molecule has 0 saturated heterocycles. The summed E-state index contributed by atoms with van der Waals surface area (Å²) in [5.74, 6) is 0.440. The van der Waals surface area contributed by atoms with Gasteiger partial charge in [0.1, 0.15) is 5.01 Å². The summed E-state index contributed by atoms with van der Waals surface area (Å²) in [4.78, 5) is 5.59. The van der Waals surface area contributed by atoms with Gasteiger partial charge in [-0.15, -0.1) is 0 Å². The second-order valence-corrected chi connectivity index (χ2v) is 6.35. The smallest absolute Gasteiger partial charge is 0.212 e. The first-order valence-electron chi connectivity index (χ1n) is 6.76. The van der Waals surface area contributed by atoms with Crippen LogP contribution in [0.2, 0.25) is 0 Å². The molecular formula is C15H18N4S. The highest BCUT2D eigenvalue weighted by molar-refractivity contribution is 7.16. The van der Waals surface area contributed by atoms with Crippen molar-refractivity contribution in [2.45, 2.75) is 32.7 Å². The van der Waals surface area contributed by atoms with Crippen LogP contribution in [0.25, 0.3) is 16.2 Å². The van der Waals surface area contributed by atoms with E-state index in [9.17, 15) is 0 Å². The molecule has 5 heteroatoms. The monoisotopic (exact) mass is 286 g/mol. The summed E-state index contributed by atoms with van der Waals surface area (Å²) in [5.41, 5.74) is 9.05. The highest BCUT2D eigenvalue weighted by atomic mass is 32.1. The Morgan fingerprint density at radius 1 is 1.15 bits per heavy atom. The number of rotatable bonds is 3. The van der Waals surface area contributed by atoms with E-state index in [0.29, 0.717) is 5.92 Å². The Kier molecular flexibility index (Phi) is 3.31. The van der Waals surface area contributed by atoms with Gasteiger partial charge in [0.25, 0.3) is 0 Å². The molecule has 0 fully saturated rings. The minimum atomic E-state index is 0.0600. The van der Waals surface area contributed by atoms with Crippen molar-refractivity contribution in [1.29, 1.82) is 0 Å². The molecule has 0 saturated carbocycles. The standard InChI is InChI=1S/C15H18N4S/c1-9(2)14-18-19-8-13(17-15(19)20-14)12-6-4-11(5-7-12)10(3)16/h4-10H,16H2,1-3H3. The normalized spacial score (nSPS) is 13.2. The van der Waals surface area contributed by atoms with Crippen molar-refractivity contribution < 1.29 is 0 Å². The molecule has 2 heterocycles. The third-order valence-electron chi connectivity index (χ3n) is 3.28. The van der Waals surface area contributed by atoms with Crippen LogP contribution in [0.3, 0.4) is 0 Å². The number of hydrogen-bond donors (Lipinski definition) is 1. The van der Waals surface area contributed by atoms with Crippen LogP contribution in [0.5, 0.6) is 0 Å². The molecule has 0 spiro atoms. The van der Waals surface area contributed by atoms with Crippen LogP contribution in [0.1, 0.15) is 43.3 Å². The molecule has 104 valence electrons. The van der Waals surface area contributed by atoms with Crippen LogP contribution in [0.15, 0.2) is 30.5 Å². The zero-order valence-corrected chi connectivity index (χ0v) is 12.7. The average molecular weight is 286 g/mol. The molecule has 0 aliphatic heterocycles. The summed E-state index contributed by atoms with van der Waals surface area (Å²) < 4.78 is 1.87. The van der Waals surface area contributed by atoms with Gasteiger partial charge in [-0.05, 0) is 12.5 Å². The van der Waals surface area contributed by atoms with E-state index in [1.54, 1.807) is 11.3 Å². The maximum atomic E-state index is 5.86. The number of fused-ring (bicyclic) bond motifs is 1. The SMILES string of the molecule is CC(C)c1nn2cc(-c3ccc(C(C)N)cc3)nc2s1. The number of nitrogens with zero attached hydrogens (tertiary/aromatic N) is 3. The number of aromatic nitrogens is 3. The largest absolute Gasteiger partial charge is 0.324 e. The lowest BCUT2D eigenvalue weighted by atomic mass is 10.1. The summed E-state index contributed by atoms with van der Waals surface area (Å²) in [7, 11) is 0. The molecule has 3 aromatic rings. The summed E-state index contributed by atoms with van der Waals surface area (Å²) in [6, 6.07) is 8.30. The Morgan fingerprint density at radius 2 is 1.85 bits per heavy atom. The molecule has 3 rings (SSSR count). The highest BCUT2D eigenvalue weighted by Crippen LogP contribution is 2.26. The van der Waals surface area contributed by atoms with Crippen molar-refractivity contribution >= 4 is 16.3 Å². The van der Waals surface area contributed by atoms with Gasteiger partial charge in [-0.2, -0.15) is 5.10 Å². The van der Waals surface area contributed by atoms with Crippen molar-refractivity contribution in [1.82, 2.24) is 14.6 Å². The lowest BCUT2D eigenvalue weighted by Crippen LogP contribution is -2.04. The first kappa shape index (κ1) is 13.3. The van der Waals surface area contributed by atoms with Crippen molar-refractivity contribution in [2.24, 2.45) is 5.73 Å². The van der Waals surface area contributed by atoms with E-state index in [2.05, 4.69) is 48.2 Å². The van der Waals surface area contributed by atoms with E-state index in [4.69, 9.17) is 5.73 Å². The molecule has 0 aliphatic rings. The average Bonchev–Trinajstić information content (AvgIpc) is 2.96. The molecule has 1 aromatic carbocycles. The van der Waals surface area contributed by atoms with Crippen molar-refractivity contribution in [2.75, 3.05) is 0 Å². The Morgan fingerprint density at radius 3 is 2.40 bits per heavy atom. The van der Waals surface area contributed by atoms with Gasteiger partial charge in [-0.3, -0.25) is 0 Å². The number of imidazole rings is 1. The first-order valence-corrected chi connectivity index (χ1v) is 7.58. The fourth-order valence-electron chi connectivity index (χ4n) is 2.05. The van der Waals surface area contributed by atoms with E-state index in [-0.39, 0.29) is 6.04 Å². The Labute approximate surface area is 122 Å². The van der Waals surface area contributed by atoms with E-state index >= 15 is 0 Å². The van der Waals surface area contributed by atoms with E-state index in [1.807, 2.05) is 17.6 Å². The number of nitrogens with two attached hydrogens (primary N) is 1. The van der Waals surface area contributed by atoms with Gasteiger partial charge in [-0.25, -0.2) is 9.50 Å². The van der Waals surface area contributed by atoms with Crippen LogP contribution in [-0.2, 0) is 0 Å². The van der Waals surface area contributed by atoms with E-state index in [1.165, 1.54) is 0 Å². The van der Waals surface area contributed by atoms with E-state index < -0.39 is 0 Å². The predicted molar refractivity (Wildman–Crippen MR) is 83.0 cm³/mol. The molecule has 1 unspecified atom stereocenters. The molecule has 2 aromatic heterocycles. The van der Waals surface area contributed by atoms with Gasteiger partial charge >= 0.3 is 0 Å². The van der Waals surface area contributed by atoms with Gasteiger partial charge in [0.2, 0.25) is 4.96 Å². The molecule has 4 nitrogen and oxygen atoms in total. The molecule has 0 bridgehead atoms. The zero-order valence-electron chi connectivity index (χ0n) is 11.9. The molecule has 1 atom stereocenters. The third kappa shape index (κ3) is 2.34. The molecule has 2 N–H and O–H groups in total. The van der Waals surface area contributed by atoms with Crippen LogP contribution in [0, 0.1) is 0 Å². The summed E-state index contributed by atoms with van der Waals surface area (Å²) >= 11 is 1.65. The molecule has 20 heavy (non-hydrogen) atoms. The topological polar surface area (TPSA) is 56.2 Å². The Bertz CT molecular complexity index is 691. The molecule has 0 aliphatic carbocycles. The second kappa shape index (κ2) is 5.00. The lowest BCUT2D eigenvalue weighted by molar-refractivity contribution is 0.802. The maximum absolute atomic E-state index is 5.86. The van der Waals surface area contributed by atoms with Crippen molar-refractivity contribution in [3.8, 4) is 11.3 Å². The summed E-state index contributed by atoms with van der Waals surface area (Å²) in [6.07, 6.45) is 1.98. The van der Waals surface area contributed by atoms with Gasteiger partial charge in [0.05, 0.1) is 11.9 Å². The molecule has 0 amide bonds. The van der Waals surface area contributed by atoms with Crippen molar-refractivity contribution in [3.05, 3.63) is 41.0 Å². The van der Waals surface area contributed by atoms with Crippen LogP contribution < -0.4 is 5.73 Å². The minimum absolute atomic E-state index is 0.0600. The summed E-state index contributed by atoms with van der Waals surface area (Å²) in [5, 5.41) is 5.67. The van der Waals surface area contributed by atoms with Gasteiger partial charge in [0.15, 0.2) is 0 Å². The van der Waals surface area contributed by atoms with Crippen molar-refractivity contribution in [3.63, 3.8) is 0 Å². The van der Waals surface area contributed by atoms with Gasteiger partial charge in [0, 0.05) is 17.5 Å². The number of benzene rings is 1. The number of hydrogen-bond acceptors (Lipinski definition) is 4. The van der Waals surface area contributed by atoms with Gasteiger partial charge in [-0.1, -0.05) is 49.4 Å². The van der Waals surface area contributed by atoms with Gasteiger partial charge < -0.3 is 5.73 Å². The van der Waals surface area contributed by atoms with Crippen LogP contribution >= 0.6 is 11.3 Å². The van der Waals surface area contributed by atoms with E-state index in [0.717, 1.165) is 26.8 Å². The quantitative estimate of drug-likeness (QED) is 0.800. The maximum Gasteiger partial charge on any atom is 0.212 e.